The molecular formula is C4H8NO3P. The summed E-state index contributed by atoms with van der Waals surface area (Å²) in [6.45, 7) is 0.250. The van der Waals surface area contributed by atoms with Crippen molar-refractivity contribution in [3.63, 3.8) is 0 Å². The van der Waals surface area contributed by atoms with Gasteiger partial charge in [-0.15, -0.1) is 0 Å². The Bertz CT molecular complexity index is 167. The van der Waals surface area contributed by atoms with Gasteiger partial charge < -0.3 is 15.2 Å². The third kappa shape index (κ3) is 2.18. The normalized spacial score (nSPS) is 27.2. The largest absolute Gasteiger partial charge is 0.402 e. The Hall–Kier alpha value is -0.310. The molecule has 2 unspecified atom stereocenters. The highest BCUT2D eigenvalue weighted by atomic mass is 31.1. The number of hydrogen-bond acceptors (Lipinski definition) is 3. The molecule has 1 aliphatic rings. The maximum absolute atomic E-state index is 9.94. The maximum Gasteiger partial charge on any atom is 0.316 e. The monoisotopic (exact) mass is 149 g/mol. The van der Waals surface area contributed by atoms with Gasteiger partial charge >= 0.3 is 8.25 Å². The zero-order valence-electron chi connectivity index (χ0n) is 4.70. The van der Waals surface area contributed by atoms with Crippen molar-refractivity contribution in [1.82, 2.24) is 0 Å². The van der Waals surface area contributed by atoms with E-state index in [1.807, 2.05) is 0 Å². The van der Waals surface area contributed by atoms with Crippen LogP contribution >= 0.6 is 8.25 Å². The van der Waals surface area contributed by atoms with Gasteiger partial charge in [0.2, 0.25) is 0 Å². The Morgan fingerprint density at radius 1 is 2.00 bits per heavy atom. The Kier molecular flexibility index (Phi) is 1.90. The highest BCUT2D eigenvalue weighted by molar-refractivity contribution is 7.32. The Labute approximate surface area is 53.3 Å². The van der Waals surface area contributed by atoms with Gasteiger partial charge in [-0.1, -0.05) is 6.08 Å². The van der Waals surface area contributed by atoms with Gasteiger partial charge in [0.1, 0.15) is 0 Å². The maximum atomic E-state index is 9.94. The summed E-state index contributed by atoms with van der Waals surface area (Å²) in [5, 5.41) is 0. The van der Waals surface area contributed by atoms with Gasteiger partial charge in [-0.2, -0.15) is 0 Å². The summed E-state index contributed by atoms with van der Waals surface area (Å²) in [5.74, 6) is 0.117. The van der Waals surface area contributed by atoms with E-state index in [1.54, 1.807) is 6.08 Å². The van der Waals surface area contributed by atoms with E-state index in [-0.39, 0.29) is 12.5 Å². The van der Waals surface area contributed by atoms with Crippen molar-refractivity contribution in [1.29, 1.82) is 0 Å². The number of rotatable bonds is 3. The summed E-state index contributed by atoms with van der Waals surface area (Å²) in [7, 11) is -2.75. The molecule has 3 N–H and O–H groups in total. The van der Waals surface area contributed by atoms with Crippen molar-refractivity contribution >= 4 is 8.25 Å². The summed E-state index contributed by atoms with van der Waals surface area (Å²) in [6, 6.07) is 0. The van der Waals surface area contributed by atoms with E-state index in [4.69, 9.17) is 10.6 Å². The molecule has 0 saturated heterocycles. The highest BCUT2D eigenvalue weighted by Crippen LogP contribution is 2.27. The molecule has 0 radical (unpaired) electrons. The zero-order valence-corrected chi connectivity index (χ0v) is 5.70. The van der Waals surface area contributed by atoms with Crippen LogP contribution in [0.15, 0.2) is 11.8 Å². The standard InChI is InChI=1S/C4H8NO3P/c5-4-1-3(4)2-8-9(6)7/h1,3,9H,2,5H2,(H,6,7). The number of nitrogens with two attached hydrogens (primary N) is 1. The lowest BCUT2D eigenvalue weighted by Gasteiger charge is -1.95. The SMILES string of the molecule is NC1=CC1CO[PH](=O)O. The molecular weight excluding hydrogens is 141 g/mol. The second kappa shape index (κ2) is 2.52. The second-order valence-corrected chi connectivity index (χ2v) is 2.67. The predicted molar refractivity (Wildman–Crippen MR) is 32.9 cm³/mol. The summed E-state index contributed by atoms with van der Waals surface area (Å²) in [4.78, 5) is 8.18. The fourth-order valence-corrected chi connectivity index (χ4v) is 0.812. The van der Waals surface area contributed by atoms with Crippen molar-refractivity contribution < 1.29 is 14.0 Å². The van der Waals surface area contributed by atoms with Gasteiger partial charge in [0.25, 0.3) is 0 Å². The minimum atomic E-state index is -2.75. The average Bonchev–Trinajstić information content (AvgIpc) is 2.42. The van der Waals surface area contributed by atoms with Crippen LogP contribution in [0.4, 0.5) is 0 Å². The topological polar surface area (TPSA) is 72.5 Å². The fraction of sp³-hybridized carbons (Fsp3) is 0.500. The molecule has 0 spiro atoms. The minimum Gasteiger partial charge on any atom is -0.402 e. The van der Waals surface area contributed by atoms with E-state index >= 15 is 0 Å². The van der Waals surface area contributed by atoms with E-state index in [1.165, 1.54) is 0 Å². The first kappa shape index (κ1) is 6.81. The van der Waals surface area contributed by atoms with Crippen LogP contribution in [0.3, 0.4) is 0 Å². The molecule has 0 fully saturated rings. The first-order chi connectivity index (χ1) is 4.20. The highest BCUT2D eigenvalue weighted by Gasteiger charge is 2.21. The zero-order chi connectivity index (χ0) is 6.85. The van der Waals surface area contributed by atoms with Crippen LogP contribution in [0.5, 0.6) is 0 Å². The molecule has 0 amide bonds. The Morgan fingerprint density at radius 2 is 2.56 bits per heavy atom. The van der Waals surface area contributed by atoms with Crippen molar-refractivity contribution in [3.8, 4) is 0 Å². The smallest absolute Gasteiger partial charge is 0.316 e. The molecule has 2 atom stereocenters. The van der Waals surface area contributed by atoms with E-state index in [0.29, 0.717) is 0 Å². The third-order valence-electron chi connectivity index (χ3n) is 1.10. The second-order valence-electron chi connectivity index (χ2n) is 1.85. The lowest BCUT2D eigenvalue weighted by Crippen LogP contribution is -1.97. The first-order valence-corrected chi connectivity index (χ1v) is 3.79. The van der Waals surface area contributed by atoms with Crippen LogP contribution < -0.4 is 5.73 Å². The van der Waals surface area contributed by atoms with E-state index in [0.717, 1.165) is 5.70 Å². The first-order valence-electron chi connectivity index (χ1n) is 2.53. The average molecular weight is 149 g/mol. The van der Waals surface area contributed by atoms with Gasteiger partial charge in [-0.25, -0.2) is 0 Å². The molecule has 1 aliphatic carbocycles. The molecule has 9 heavy (non-hydrogen) atoms. The van der Waals surface area contributed by atoms with Gasteiger partial charge in [-0.05, 0) is 0 Å². The molecule has 0 saturated carbocycles. The van der Waals surface area contributed by atoms with Crippen molar-refractivity contribution in [2.24, 2.45) is 11.7 Å². The van der Waals surface area contributed by atoms with Gasteiger partial charge in [0, 0.05) is 11.6 Å². The molecule has 1 rings (SSSR count). The van der Waals surface area contributed by atoms with Gasteiger partial charge in [0.15, 0.2) is 0 Å². The van der Waals surface area contributed by atoms with E-state index < -0.39 is 8.25 Å². The molecule has 4 nitrogen and oxygen atoms in total. The molecule has 5 heteroatoms. The van der Waals surface area contributed by atoms with Crippen molar-refractivity contribution in [2.75, 3.05) is 6.61 Å². The van der Waals surface area contributed by atoms with Gasteiger partial charge in [-0.3, -0.25) is 4.57 Å². The lowest BCUT2D eigenvalue weighted by atomic mass is 10.4. The summed E-state index contributed by atoms with van der Waals surface area (Å²) < 4.78 is 14.3. The summed E-state index contributed by atoms with van der Waals surface area (Å²) in [6.07, 6.45) is 1.78. The molecule has 0 aromatic heterocycles. The van der Waals surface area contributed by atoms with Crippen LogP contribution in [0.2, 0.25) is 0 Å². The van der Waals surface area contributed by atoms with Gasteiger partial charge in [0.05, 0.1) is 6.61 Å². The van der Waals surface area contributed by atoms with Crippen LogP contribution in [0.25, 0.3) is 0 Å². The van der Waals surface area contributed by atoms with Crippen LogP contribution in [-0.2, 0) is 9.09 Å². The lowest BCUT2D eigenvalue weighted by molar-refractivity contribution is 0.274. The van der Waals surface area contributed by atoms with E-state index in [9.17, 15) is 4.57 Å². The summed E-state index contributed by atoms with van der Waals surface area (Å²) >= 11 is 0. The number of hydrogen-bond donors (Lipinski definition) is 2. The van der Waals surface area contributed by atoms with E-state index in [2.05, 4.69) is 4.52 Å². The Morgan fingerprint density at radius 3 is 2.89 bits per heavy atom. The summed E-state index contributed by atoms with van der Waals surface area (Å²) in [5.41, 5.74) is 6.01. The van der Waals surface area contributed by atoms with Crippen molar-refractivity contribution in [2.45, 2.75) is 0 Å². The molecule has 52 valence electrons. The molecule has 0 aliphatic heterocycles. The molecule has 0 bridgehead atoms. The molecule has 0 aromatic rings. The molecule has 0 aromatic carbocycles. The van der Waals surface area contributed by atoms with Crippen LogP contribution in [0.1, 0.15) is 0 Å². The quantitative estimate of drug-likeness (QED) is 0.547. The van der Waals surface area contributed by atoms with Crippen LogP contribution in [0, 0.1) is 5.92 Å². The van der Waals surface area contributed by atoms with Crippen molar-refractivity contribution in [3.05, 3.63) is 11.8 Å². The fourth-order valence-electron chi connectivity index (χ4n) is 0.490. The minimum absolute atomic E-state index is 0.117. The Balaban J connectivity index is 2.02. The third-order valence-corrected chi connectivity index (χ3v) is 1.51. The predicted octanol–water partition coefficient (Wildman–Crippen LogP) is -0.143. The van der Waals surface area contributed by atoms with Crippen LogP contribution in [-0.4, -0.2) is 11.5 Å². The molecule has 0 heterocycles.